The van der Waals surface area contributed by atoms with Crippen LogP contribution in [0.15, 0.2) is 0 Å². The first kappa shape index (κ1) is 10.5. The molecule has 0 bridgehead atoms. The molecular weight excluding hydrogens is 150 g/mol. The number of halogens is 2. The van der Waals surface area contributed by atoms with Crippen LogP contribution in [0.5, 0.6) is 0 Å². The largest absolute Gasteiger partial charge is 0.299 e. The van der Waals surface area contributed by atoms with Gasteiger partial charge in [-0.05, 0) is 0 Å². The molecule has 0 fully saturated rings. The lowest BCUT2D eigenvalue weighted by atomic mass is 10.0. The standard InChI is InChI=1S/C8H14F2O/c1-4-8(9,10)5-7(11)6(2)3/h6H,4-5H2,1-3H3. The quantitative estimate of drug-likeness (QED) is 0.624. The number of ketones is 1. The second kappa shape index (κ2) is 3.79. The van der Waals surface area contributed by atoms with Crippen LogP contribution in [0.3, 0.4) is 0 Å². The molecule has 3 heteroatoms. The highest BCUT2D eigenvalue weighted by Crippen LogP contribution is 2.23. The van der Waals surface area contributed by atoms with Crippen LogP contribution in [0.25, 0.3) is 0 Å². The molecule has 0 saturated heterocycles. The Kier molecular flexibility index (Phi) is 3.63. The van der Waals surface area contributed by atoms with Crippen molar-refractivity contribution in [1.82, 2.24) is 0 Å². The predicted molar refractivity (Wildman–Crippen MR) is 39.7 cm³/mol. The molecule has 0 aromatic heterocycles. The van der Waals surface area contributed by atoms with Crippen molar-refractivity contribution in [3.63, 3.8) is 0 Å². The molecule has 0 aliphatic heterocycles. The third kappa shape index (κ3) is 4.06. The topological polar surface area (TPSA) is 17.1 Å². The molecule has 0 radical (unpaired) electrons. The number of hydrogen-bond acceptors (Lipinski definition) is 1. The lowest BCUT2D eigenvalue weighted by Gasteiger charge is -2.13. The highest BCUT2D eigenvalue weighted by atomic mass is 19.3. The third-order valence-electron chi connectivity index (χ3n) is 1.59. The van der Waals surface area contributed by atoms with E-state index in [1.165, 1.54) is 6.92 Å². The van der Waals surface area contributed by atoms with Gasteiger partial charge in [0.15, 0.2) is 0 Å². The summed E-state index contributed by atoms with van der Waals surface area (Å²) in [6, 6.07) is 0. The summed E-state index contributed by atoms with van der Waals surface area (Å²) in [6.07, 6.45) is -0.868. The molecule has 0 aromatic rings. The van der Waals surface area contributed by atoms with E-state index in [0.29, 0.717) is 0 Å². The monoisotopic (exact) mass is 164 g/mol. The minimum absolute atomic E-state index is 0.258. The van der Waals surface area contributed by atoms with Crippen LogP contribution in [0.4, 0.5) is 8.78 Å². The molecule has 0 heterocycles. The Morgan fingerprint density at radius 1 is 1.45 bits per heavy atom. The van der Waals surface area contributed by atoms with Gasteiger partial charge in [-0.3, -0.25) is 4.79 Å². The molecule has 66 valence electrons. The van der Waals surface area contributed by atoms with Gasteiger partial charge in [0.05, 0.1) is 6.42 Å². The molecule has 0 aliphatic carbocycles. The number of carbonyl (C=O) groups is 1. The van der Waals surface area contributed by atoms with Crippen LogP contribution >= 0.6 is 0 Å². The molecule has 0 rings (SSSR count). The summed E-state index contributed by atoms with van der Waals surface area (Å²) < 4.78 is 25.1. The fraction of sp³-hybridized carbons (Fsp3) is 0.875. The van der Waals surface area contributed by atoms with Gasteiger partial charge in [0.1, 0.15) is 5.78 Å². The van der Waals surface area contributed by atoms with Gasteiger partial charge < -0.3 is 0 Å². The van der Waals surface area contributed by atoms with Crippen LogP contribution in [-0.4, -0.2) is 11.7 Å². The minimum Gasteiger partial charge on any atom is -0.299 e. The Morgan fingerprint density at radius 2 is 1.91 bits per heavy atom. The molecule has 0 saturated carbocycles. The Hall–Kier alpha value is -0.470. The maximum absolute atomic E-state index is 12.5. The van der Waals surface area contributed by atoms with Crippen LogP contribution in [0.1, 0.15) is 33.6 Å². The first-order valence-electron chi connectivity index (χ1n) is 3.79. The zero-order valence-electron chi connectivity index (χ0n) is 7.16. The predicted octanol–water partition coefficient (Wildman–Crippen LogP) is 2.65. The van der Waals surface area contributed by atoms with Crippen molar-refractivity contribution < 1.29 is 13.6 Å². The minimum atomic E-state index is -2.80. The molecule has 0 unspecified atom stereocenters. The normalized spacial score (nSPS) is 12.2. The van der Waals surface area contributed by atoms with E-state index < -0.39 is 12.3 Å². The number of rotatable bonds is 4. The molecule has 1 nitrogen and oxygen atoms in total. The Balaban J connectivity index is 3.94. The van der Waals surface area contributed by atoms with E-state index in [9.17, 15) is 13.6 Å². The number of carbonyl (C=O) groups excluding carboxylic acids is 1. The van der Waals surface area contributed by atoms with E-state index in [1.807, 2.05) is 0 Å². The van der Waals surface area contributed by atoms with Gasteiger partial charge in [-0.15, -0.1) is 0 Å². The SMILES string of the molecule is CCC(F)(F)CC(=O)C(C)C. The van der Waals surface area contributed by atoms with E-state index in [2.05, 4.69) is 0 Å². The van der Waals surface area contributed by atoms with E-state index in [-0.39, 0.29) is 18.1 Å². The van der Waals surface area contributed by atoms with E-state index >= 15 is 0 Å². The fourth-order valence-electron chi connectivity index (χ4n) is 0.584. The van der Waals surface area contributed by atoms with Crippen molar-refractivity contribution >= 4 is 5.78 Å². The summed E-state index contributed by atoms with van der Waals surface area (Å²) in [6.45, 7) is 4.65. The van der Waals surface area contributed by atoms with Gasteiger partial charge >= 0.3 is 0 Å². The molecule has 0 atom stereocenters. The Labute approximate surface area is 65.8 Å². The summed E-state index contributed by atoms with van der Waals surface area (Å²) in [5.41, 5.74) is 0. The zero-order chi connectivity index (χ0) is 9.07. The van der Waals surface area contributed by atoms with Gasteiger partial charge in [-0.25, -0.2) is 8.78 Å². The van der Waals surface area contributed by atoms with Crippen molar-refractivity contribution in [2.75, 3.05) is 0 Å². The Morgan fingerprint density at radius 3 is 2.18 bits per heavy atom. The van der Waals surface area contributed by atoms with Gasteiger partial charge in [0.2, 0.25) is 0 Å². The van der Waals surface area contributed by atoms with Crippen LogP contribution in [0, 0.1) is 5.92 Å². The summed E-state index contributed by atoms with van der Waals surface area (Å²) >= 11 is 0. The number of hydrogen-bond donors (Lipinski definition) is 0. The van der Waals surface area contributed by atoms with Crippen LogP contribution in [0.2, 0.25) is 0 Å². The fourth-order valence-corrected chi connectivity index (χ4v) is 0.584. The lowest BCUT2D eigenvalue weighted by molar-refractivity contribution is -0.129. The highest BCUT2D eigenvalue weighted by Gasteiger charge is 2.30. The average molecular weight is 164 g/mol. The molecule has 0 N–H and O–H groups in total. The summed E-state index contributed by atoms with van der Waals surface area (Å²) in [5, 5.41) is 0. The lowest BCUT2D eigenvalue weighted by Crippen LogP contribution is -2.22. The molecule has 0 aromatic carbocycles. The third-order valence-corrected chi connectivity index (χ3v) is 1.59. The molecule has 0 amide bonds. The molecule has 0 aliphatic rings. The van der Waals surface area contributed by atoms with Gasteiger partial charge in [-0.1, -0.05) is 20.8 Å². The number of alkyl halides is 2. The second-order valence-corrected chi connectivity index (χ2v) is 3.01. The van der Waals surface area contributed by atoms with Crippen molar-refractivity contribution in [3.05, 3.63) is 0 Å². The van der Waals surface area contributed by atoms with Crippen LogP contribution in [-0.2, 0) is 4.79 Å². The summed E-state index contributed by atoms with van der Waals surface area (Å²) in [5.74, 6) is -3.45. The maximum Gasteiger partial charge on any atom is 0.254 e. The van der Waals surface area contributed by atoms with Crippen LogP contribution < -0.4 is 0 Å². The average Bonchev–Trinajstić information content (AvgIpc) is 1.87. The summed E-state index contributed by atoms with van der Waals surface area (Å²) in [4.78, 5) is 10.8. The van der Waals surface area contributed by atoms with Crippen molar-refractivity contribution in [3.8, 4) is 0 Å². The summed E-state index contributed by atoms with van der Waals surface area (Å²) in [7, 11) is 0. The van der Waals surface area contributed by atoms with Gasteiger partial charge in [0, 0.05) is 12.3 Å². The first-order valence-corrected chi connectivity index (χ1v) is 3.79. The van der Waals surface area contributed by atoms with E-state index in [1.54, 1.807) is 13.8 Å². The number of Topliss-reactive ketones (excluding diaryl/α,β-unsaturated/α-hetero) is 1. The second-order valence-electron chi connectivity index (χ2n) is 3.01. The van der Waals surface area contributed by atoms with E-state index in [4.69, 9.17) is 0 Å². The Bertz CT molecular complexity index is 141. The zero-order valence-corrected chi connectivity index (χ0v) is 7.16. The molecule has 0 spiro atoms. The van der Waals surface area contributed by atoms with E-state index in [0.717, 1.165) is 0 Å². The highest BCUT2D eigenvalue weighted by molar-refractivity contribution is 5.81. The maximum atomic E-state index is 12.5. The molecular formula is C8H14F2O. The molecule has 11 heavy (non-hydrogen) atoms. The van der Waals surface area contributed by atoms with Gasteiger partial charge in [-0.2, -0.15) is 0 Å². The van der Waals surface area contributed by atoms with Crippen molar-refractivity contribution in [2.45, 2.75) is 39.5 Å². The smallest absolute Gasteiger partial charge is 0.254 e. The van der Waals surface area contributed by atoms with Crippen molar-refractivity contribution in [2.24, 2.45) is 5.92 Å². The first-order chi connectivity index (χ1) is 4.89. The van der Waals surface area contributed by atoms with Gasteiger partial charge in [0.25, 0.3) is 5.92 Å². The van der Waals surface area contributed by atoms with Crippen molar-refractivity contribution in [1.29, 1.82) is 0 Å².